The number of carbonyl (C=O) groups is 2. The molecule has 0 aliphatic rings. The predicted octanol–water partition coefficient (Wildman–Crippen LogP) is 0.499. The van der Waals surface area contributed by atoms with Gasteiger partial charge in [0.1, 0.15) is 0 Å². The van der Waals surface area contributed by atoms with Gasteiger partial charge < -0.3 is 14.6 Å². The SMILES string of the molecule is CCOC(=O)C(O)CC(F)(F)C(=O)OCC. The third kappa shape index (κ3) is 4.52. The molecule has 16 heavy (non-hydrogen) atoms. The Morgan fingerprint density at radius 2 is 1.75 bits per heavy atom. The number of ether oxygens (including phenoxy) is 2. The fourth-order valence-corrected chi connectivity index (χ4v) is 0.885. The van der Waals surface area contributed by atoms with Gasteiger partial charge in [-0.3, -0.25) is 0 Å². The molecule has 0 aromatic heterocycles. The van der Waals surface area contributed by atoms with Crippen LogP contribution in [0.5, 0.6) is 0 Å². The molecule has 0 aromatic carbocycles. The molecule has 0 aliphatic carbocycles. The van der Waals surface area contributed by atoms with Crippen molar-refractivity contribution >= 4 is 11.9 Å². The van der Waals surface area contributed by atoms with Crippen LogP contribution in [0.3, 0.4) is 0 Å². The predicted molar refractivity (Wildman–Crippen MR) is 48.8 cm³/mol. The third-order valence-electron chi connectivity index (χ3n) is 1.58. The molecule has 5 nitrogen and oxygen atoms in total. The molecule has 0 heterocycles. The summed E-state index contributed by atoms with van der Waals surface area (Å²) in [5.74, 6) is -6.85. The number of carbonyl (C=O) groups excluding carboxylic acids is 2. The zero-order valence-corrected chi connectivity index (χ0v) is 9.03. The van der Waals surface area contributed by atoms with Crippen molar-refractivity contribution in [3.8, 4) is 0 Å². The Bertz CT molecular complexity index is 254. The van der Waals surface area contributed by atoms with Gasteiger partial charge in [0.05, 0.1) is 19.6 Å². The number of aliphatic hydroxyl groups excluding tert-OH is 1. The molecule has 0 spiro atoms. The molecule has 1 atom stereocenters. The highest BCUT2D eigenvalue weighted by Gasteiger charge is 2.44. The van der Waals surface area contributed by atoms with Gasteiger partial charge in [-0.25, -0.2) is 9.59 Å². The van der Waals surface area contributed by atoms with Gasteiger partial charge >= 0.3 is 17.9 Å². The molecule has 1 N–H and O–H groups in total. The minimum Gasteiger partial charge on any atom is -0.464 e. The number of alkyl halides is 2. The van der Waals surface area contributed by atoms with Crippen molar-refractivity contribution in [3.63, 3.8) is 0 Å². The van der Waals surface area contributed by atoms with E-state index < -0.39 is 30.4 Å². The summed E-state index contributed by atoms with van der Waals surface area (Å²) in [7, 11) is 0. The molecule has 0 aromatic rings. The number of rotatable bonds is 6. The molecule has 0 saturated carbocycles. The second-order valence-electron chi connectivity index (χ2n) is 2.90. The summed E-state index contributed by atoms with van der Waals surface area (Å²) in [5, 5.41) is 9.04. The van der Waals surface area contributed by atoms with Crippen LogP contribution >= 0.6 is 0 Å². The molecule has 0 bridgehead atoms. The van der Waals surface area contributed by atoms with E-state index in [4.69, 9.17) is 5.11 Å². The number of hydrogen-bond acceptors (Lipinski definition) is 5. The Kier molecular flexibility index (Phi) is 5.87. The quantitative estimate of drug-likeness (QED) is 0.684. The van der Waals surface area contributed by atoms with Crippen LogP contribution in [0.25, 0.3) is 0 Å². The minimum atomic E-state index is -3.90. The summed E-state index contributed by atoms with van der Waals surface area (Å²) in [4.78, 5) is 21.6. The molecule has 0 amide bonds. The average molecular weight is 240 g/mol. The second kappa shape index (κ2) is 6.37. The number of aliphatic hydroxyl groups is 1. The number of halogens is 2. The van der Waals surface area contributed by atoms with E-state index in [-0.39, 0.29) is 13.2 Å². The van der Waals surface area contributed by atoms with Gasteiger partial charge in [0.25, 0.3) is 0 Å². The van der Waals surface area contributed by atoms with Crippen molar-refractivity contribution in [2.75, 3.05) is 13.2 Å². The zero-order valence-electron chi connectivity index (χ0n) is 9.03. The highest BCUT2D eigenvalue weighted by molar-refractivity contribution is 5.80. The van der Waals surface area contributed by atoms with E-state index in [9.17, 15) is 18.4 Å². The standard InChI is InChI=1S/C9H14F2O5/c1-3-15-7(13)6(12)5-9(10,11)8(14)16-4-2/h6,12H,3-5H2,1-2H3. The largest absolute Gasteiger partial charge is 0.464 e. The van der Waals surface area contributed by atoms with Gasteiger partial charge in [-0.2, -0.15) is 8.78 Å². The molecule has 0 rings (SSSR count). The van der Waals surface area contributed by atoms with Gasteiger partial charge in [-0.15, -0.1) is 0 Å². The third-order valence-corrected chi connectivity index (χ3v) is 1.58. The molecule has 0 saturated heterocycles. The molecule has 0 fully saturated rings. The van der Waals surface area contributed by atoms with Crippen molar-refractivity contribution < 1.29 is 33.0 Å². The lowest BCUT2D eigenvalue weighted by atomic mass is 10.1. The molecule has 94 valence electrons. The van der Waals surface area contributed by atoms with E-state index in [1.165, 1.54) is 13.8 Å². The van der Waals surface area contributed by atoms with Crippen LogP contribution in [0.2, 0.25) is 0 Å². The van der Waals surface area contributed by atoms with Crippen molar-refractivity contribution in [1.29, 1.82) is 0 Å². The maximum Gasteiger partial charge on any atom is 0.377 e. The van der Waals surface area contributed by atoms with E-state index in [1.54, 1.807) is 0 Å². The summed E-state index contributed by atoms with van der Waals surface area (Å²) in [5.41, 5.74) is 0. The molecule has 1 unspecified atom stereocenters. The van der Waals surface area contributed by atoms with Gasteiger partial charge in [0.15, 0.2) is 6.10 Å². The normalized spacial score (nSPS) is 13.1. The minimum absolute atomic E-state index is 0.0408. The first-order valence-electron chi connectivity index (χ1n) is 4.74. The van der Waals surface area contributed by atoms with Gasteiger partial charge in [-0.1, -0.05) is 0 Å². The monoisotopic (exact) mass is 240 g/mol. The van der Waals surface area contributed by atoms with Crippen LogP contribution in [0.1, 0.15) is 20.3 Å². The van der Waals surface area contributed by atoms with E-state index in [2.05, 4.69) is 9.47 Å². The lowest BCUT2D eigenvalue weighted by Gasteiger charge is -2.17. The second-order valence-corrected chi connectivity index (χ2v) is 2.90. The maximum absolute atomic E-state index is 13.0. The van der Waals surface area contributed by atoms with E-state index in [0.717, 1.165) is 0 Å². The number of esters is 2. The highest BCUT2D eigenvalue weighted by atomic mass is 19.3. The smallest absolute Gasteiger partial charge is 0.377 e. The first-order chi connectivity index (χ1) is 7.35. The molecule has 0 radical (unpaired) electrons. The Morgan fingerprint density at radius 3 is 2.19 bits per heavy atom. The topological polar surface area (TPSA) is 72.8 Å². The van der Waals surface area contributed by atoms with Crippen LogP contribution in [-0.4, -0.2) is 42.3 Å². The Morgan fingerprint density at radius 1 is 1.25 bits per heavy atom. The van der Waals surface area contributed by atoms with Crippen molar-refractivity contribution in [1.82, 2.24) is 0 Å². The maximum atomic E-state index is 13.0. The fraction of sp³-hybridized carbons (Fsp3) is 0.778. The van der Waals surface area contributed by atoms with Crippen LogP contribution in [0.4, 0.5) is 8.78 Å². The molecule has 0 aliphatic heterocycles. The molecule has 7 heteroatoms. The summed E-state index contributed by atoms with van der Waals surface area (Å²) >= 11 is 0. The number of hydrogen-bond donors (Lipinski definition) is 1. The van der Waals surface area contributed by atoms with Crippen LogP contribution < -0.4 is 0 Å². The summed E-state index contributed by atoms with van der Waals surface area (Å²) in [6.07, 6.45) is -3.38. The summed E-state index contributed by atoms with van der Waals surface area (Å²) in [6.45, 7) is 2.59. The van der Waals surface area contributed by atoms with Crippen LogP contribution in [0.15, 0.2) is 0 Å². The fourth-order valence-electron chi connectivity index (χ4n) is 0.885. The first kappa shape index (κ1) is 14.8. The van der Waals surface area contributed by atoms with Crippen LogP contribution in [-0.2, 0) is 19.1 Å². The van der Waals surface area contributed by atoms with Gasteiger partial charge in [0, 0.05) is 0 Å². The Labute approximate surface area is 91.3 Å². The van der Waals surface area contributed by atoms with Crippen molar-refractivity contribution in [2.45, 2.75) is 32.3 Å². The average Bonchev–Trinajstić information content (AvgIpc) is 2.17. The van der Waals surface area contributed by atoms with Gasteiger partial charge in [-0.05, 0) is 13.8 Å². The van der Waals surface area contributed by atoms with Crippen molar-refractivity contribution in [3.05, 3.63) is 0 Å². The van der Waals surface area contributed by atoms with Crippen molar-refractivity contribution in [2.24, 2.45) is 0 Å². The van der Waals surface area contributed by atoms with Gasteiger partial charge in [0.2, 0.25) is 0 Å². The lowest BCUT2D eigenvalue weighted by molar-refractivity contribution is -0.179. The Balaban J connectivity index is 4.34. The molecular formula is C9H14F2O5. The first-order valence-corrected chi connectivity index (χ1v) is 4.74. The highest BCUT2D eigenvalue weighted by Crippen LogP contribution is 2.22. The Hall–Kier alpha value is -1.24. The van der Waals surface area contributed by atoms with E-state index in [1.807, 2.05) is 0 Å². The van der Waals surface area contributed by atoms with E-state index >= 15 is 0 Å². The van der Waals surface area contributed by atoms with E-state index in [0.29, 0.717) is 0 Å². The van der Waals surface area contributed by atoms with Crippen LogP contribution in [0, 0.1) is 0 Å². The lowest BCUT2D eigenvalue weighted by Crippen LogP contribution is -2.38. The molecular weight excluding hydrogens is 226 g/mol. The summed E-state index contributed by atoms with van der Waals surface area (Å²) in [6, 6.07) is 0. The summed E-state index contributed by atoms with van der Waals surface area (Å²) < 4.78 is 34.4. The zero-order chi connectivity index (χ0) is 12.8.